The lowest BCUT2D eigenvalue weighted by Gasteiger charge is -2.32. The maximum absolute atomic E-state index is 4.72. The third kappa shape index (κ3) is 3.20. The molecule has 0 radical (unpaired) electrons. The highest BCUT2D eigenvalue weighted by molar-refractivity contribution is 8.14. The number of rotatable bonds is 3. The van der Waals surface area contributed by atoms with Crippen molar-refractivity contribution in [3.8, 4) is 0 Å². The molecule has 20 heavy (non-hydrogen) atoms. The summed E-state index contributed by atoms with van der Waals surface area (Å²) in [6.45, 7) is 3.24. The van der Waals surface area contributed by atoms with Crippen molar-refractivity contribution in [1.29, 1.82) is 0 Å². The highest BCUT2D eigenvalue weighted by atomic mass is 32.2. The van der Waals surface area contributed by atoms with Crippen molar-refractivity contribution in [2.45, 2.75) is 50.3 Å². The summed E-state index contributed by atoms with van der Waals surface area (Å²) in [6, 6.07) is 11.4. The van der Waals surface area contributed by atoms with Crippen molar-refractivity contribution in [2.24, 2.45) is 10.9 Å². The number of nitrogens with one attached hydrogen (secondary N) is 1. The van der Waals surface area contributed by atoms with Crippen LogP contribution in [0.15, 0.2) is 35.3 Å². The average Bonchev–Trinajstić information content (AvgIpc) is 2.97. The Morgan fingerprint density at radius 2 is 2.00 bits per heavy atom. The van der Waals surface area contributed by atoms with Gasteiger partial charge in [-0.05, 0) is 24.3 Å². The fraction of sp³-hybridized carbons (Fsp3) is 0.588. The van der Waals surface area contributed by atoms with Gasteiger partial charge in [0.1, 0.15) is 0 Å². The van der Waals surface area contributed by atoms with Gasteiger partial charge in [-0.3, -0.25) is 4.99 Å². The minimum atomic E-state index is 0.502. The number of amidine groups is 1. The van der Waals surface area contributed by atoms with E-state index in [2.05, 4.69) is 42.6 Å². The lowest BCUT2D eigenvalue weighted by Crippen LogP contribution is -2.40. The standard InChI is InChI=1S/C17H24N2S/c1-2-13-8-6-7-11-15(13)19-17-18-12-16(20-17)14-9-4-3-5-10-14/h3-5,9-10,13,15-16H,2,6-8,11-12H2,1H3,(H,18,19). The molecule has 1 aliphatic carbocycles. The molecule has 1 aromatic carbocycles. The zero-order valence-corrected chi connectivity index (χ0v) is 13.0. The van der Waals surface area contributed by atoms with Crippen LogP contribution in [0.4, 0.5) is 0 Å². The summed E-state index contributed by atoms with van der Waals surface area (Å²) in [7, 11) is 0. The Labute approximate surface area is 126 Å². The Morgan fingerprint density at radius 1 is 1.20 bits per heavy atom. The Bertz CT molecular complexity index is 457. The topological polar surface area (TPSA) is 24.4 Å². The van der Waals surface area contributed by atoms with Gasteiger partial charge in [-0.25, -0.2) is 0 Å². The van der Waals surface area contributed by atoms with Crippen LogP contribution in [0.5, 0.6) is 0 Å². The molecule has 2 aliphatic rings. The lowest BCUT2D eigenvalue weighted by atomic mass is 9.83. The fourth-order valence-corrected chi connectivity index (χ4v) is 4.42. The van der Waals surface area contributed by atoms with Gasteiger partial charge in [0.25, 0.3) is 0 Å². The maximum Gasteiger partial charge on any atom is 0.157 e. The van der Waals surface area contributed by atoms with Crippen LogP contribution in [-0.2, 0) is 0 Å². The number of nitrogens with zero attached hydrogens (tertiary/aromatic N) is 1. The van der Waals surface area contributed by atoms with Crippen molar-refractivity contribution < 1.29 is 0 Å². The van der Waals surface area contributed by atoms with E-state index in [1.807, 2.05) is 11.8 Å². The van der Waals surface area contributed by atoms with Crippen LogP contribution in [-0.4, -0.2) is 17.8 Å². The van der Waals surface area contributed by atoms with Gasteiger partial charge in [0, 0.05) is 6.04 Å². The monoisotopic (exact) mass is 288 g/mol. The van der Waals surface area contributed by atoms with Crippen molar-refractivity contribution in [1.82, 2.24) is 5.32 Å². The van der Waals surface area contributed by atoms with Crippen molar-refractivity contribution >= 4 is 16.9 Å². The summed E-state index contributed by atoms with van der Waals surface area (Å²) in [5, 5.41) is 5.40. The van der Waals surface area contributed by atoms with Gasteiger partial charge >= 0.3 is 0 Å². The van der Waals surface area contributed by atoms with Crippen LogP contribution in [0.3, 0.4) is 0 Å². The summed E-state index contributed by atoms with van der Waals surface area (Å²) in [6.07, 6.45) is 6.76. The third-order valence-electron chi connectivity index (χ3n) is 4.57. The molecule has 0 aromatic heterocycles. The van der Waals surface area contributed by atoms with E-state index < -0.39 is 0 Å². The minimum absolute atomic E-state index is 0.502. The van der Waals surface area contributed by atoms with Gasteiger partial charge in [-0.15, -0.1) is 0 Å². The van der Waals surface area contributed by atoms with Gasteiger partial charge in [-0.2, -0.15) is 0 Å². The van der Waals surface area contributed by atoms with Crippen LogP contribution >= 0.6 is 11.8 Å². The molecule has 3 unspecified atom stereocenters. The molecule has 108 valence electrons. The van der Waals surface area contributed by atoms with Gasteiger partial charge in [-0.1, -0.05) is 68.3 Å². The van der Waals surface area contributed by atoms with Crippen LogP contribution < -0.4 is 5.32 Å². The van der Waals surface area contributed by atoms with Gasteiger partial charge < -0.3 is 5.32 Å². The summed E-state index contributed by atoms with van der Waals surface area (Å²) < 4.78 is 0. The van der Waals surface area contributed by atoms with Crippen molar-refractivity contribution in [3.63, 3.8) is 0 Å². The molecule has 2 nitrogen and oxygen atoms in total. The molecule has 1 fully saturated rings. The summed E-state index contributed by atoms with van der Waals surface area (Å²) >= 11 is 1.91. The lowest BCUT2D eigenvalue weighted by molar-refractivity contribution is 0.281. The first-order chi connectivity index (χ1) is 9.86. The van der Waals surface area contributed by atoms with Crippen molar-refractivity contribution in [2.75, 3.05) is 6.54 Å². The first-order valence-corrected chi connectivity index (χ1v) is 8.77. The second-order valence-corrected chi connectivity index (χ2v) is 7.06. The maximum atomic E-state index is 4.72. The molecule has 1 aromatic rings. The molecule has 3 rings (SSSR count). The second-order valence-electron chi connectivity index (χ2n) is 5.87. The average molecular weight is 288 g/mol. The first kappa shape index (κ1) is 14.0. The zero-order valence-electron chi connectivity index (χ0n) is 12.2. The van der Waals surface area contributed by atoms with Crippen LogP contribution in [0.25, 0.3) is 0 Å². The number of hydrogen-bond donors (Lipinski definition) is 1. The SMILES string of the molecule is CCC1CCCCC1NC1=NCC(c2ccccc2)S1. The van der Waals surface area contributed by atoms with E-state index in [0.29, 0.717) is 11.3 Å². The van der Waals surface area contributed by atoms with E-state index in [1.165, 1.54) is 42.8 Å². The van der Waals surface area contributed by atoms with Gasteiger partial charge in [0.05, 0.1) is 11.8 Å². The number of hydrogen-bond acceptors (Lipinski definition) is 3. The third-order valence-corrected chi connectivity index (χ3v) is 5.74. The van der Waals surface area contributed by atoms with Gasteiger partial charge in [0.2, 0.25) is 0 Å². The van der Waals surface area contributed by atoms with E-state index in [9.17, 15) is 0 Å². The largest absolute Gasteiger partial charge is 0.362 e. The quantitative estimate of drug-likeness (QED) is 0.892. The van der Waals surface area contributed by atoms with Crippen LogP contribution in [0, 0.1) is 5.92 Å². The molecule has 1 heterocycles. The molecule has 1 saturated carbocycles. The van der Waals surface area contributed by atoms with E-state index in [1.54, 1.807) is 0 Å². The predicted molar refractivity (Wildman–Crippen MR) is 88.2 cm³/mol. The normalized spacial score (nSPS) is 30.1. The Kier molecular flexibility index (Phi) is 4.66. The number of aliphatic imine (C=N–C) groups is 1. The summed E-state index contributed by atoms with van der Waals surface area (Å²) in [5.41, 5.74) is 1.40. The van der Waals surface area contributed by atoms with E-state index in [4.69, 9.17) is 4.99 Å². The second kappa shape index (κ2) is 6.66. The van der Waals surface area contributed by atoms with E-state index in [0.717, 1.165) is 12.5 Å². The Balaban J connectivity index is 1.57. The molecule has 3 atom stereocenters. The summed E-state index contributed by atoms with van der Waals surface area (Å²) in [5.74, 6) is 0.836. The molecular weight excluding hydrogens is 264 g/mol. The molecule has 0 bridgehead atoms. The fourth-order valence-electron chi connectivity index (χ4n) is 3.34. The molecular formula is C17H24N2S. The zero-order chi connectivity index (χ0) is 13.8. The molecule has 1 aliphatic heterocycles. The van der Waals surface area contributed by atoms with E-state index in [-0.39, 0.29) is 0 Å². The predicted octanol–water partition coefficient (Wildman–Crippen LogP) is 4.39. The van der Waals surface area contributed by atoms with Crippen molar-refractivity contribution in [3.05, 3.63) is 35.9 Å². The summed E-state index contributed by atoms with van der Waals surface area (Å²) in [4.78, 5) is 4.72. The molecule has 1 N–H and O–H groups in total. The Morgan fingerprint density at radius 3 is 2.80 bits per heavy atom. The number of benzene rings is 1. The Hall–Kier alpha value is -0.960. The molecule has 3 heteroatoms. The van der Waals surface area contributed by atoms with Crippen LogP contribution in [0.2, 0.25) is 0 Å². The molecule has 0 saturated heterocycles. The van der Waals surface area contributed by atoms with E-state index >= 15 is 0 Å². The number of thioether (sulfide) groups is 1. The highest BCUT2D eigenvalue weighted by Crippen LogP contribution is 2.35. The first-order valence-electron chi connectivity index (χ1n) is 7.89. The highest BCUT2D eigenvalue weighted by Gasteiger charge is 2.27. The van der Waals surface area contributed by atoms with Gasteiger partial charge in [0.15, 0.2) is 5.17 Å². The molecule has 0 amide bonds. The minimum Gasteiger partial charge on any atom is -0.362 e. The molecule has 0 spiro atoms. The smallest absolute Gasteiger partial charge is 0.157 e. The van der Waals surface area contributed by atoms with Crippen LogP contribution in [0.1, 0.15) is 49.8 Å².